The molecule has 14 nitrogen and oxygen atoms in total. The first-order valence-electron chi connectivity index (χ1n) is 14.8. The number of hydrogen-bond acceptors (Lipinski definition) is 7. The molecule has 0 aliphatic heterocycles. The number of carbonyl (C=O) groups is 6. The summed E-state index contributed by atoms with van der Waals surface area (Å²) in [6.45, 7) is 3.09. The van der Waals surface area contributed by atoms with Crippen molar-refractivity contribution < 1.29 is 39.0 Å². The number of carboxylic acids is 2. The number of aromatic amines is 1. The predicted octanol–water partition coefficient (Wildman–Crippen LogP) is 0.456. The molecule has 246 valence electrons. The lowest BCUT2D eigenvalue weighted by molar-refractivity contribution is -0.141. The Morgan fingerprint density at radius 2 is 1.33 bits per heavy atom. The summed E-state index contributed by atoms with van der Waals surface area (Å²) in [7, 11) is 0. The van der Waals surface area contributed by atoms with Gasteiger partial charge in [-0.05, 0) is 36.0 Å². The van der Waals surface area contributed by atoms with E-state index in [9.17, 15) is 39.0 Å². The number of aromatic nitrogens is 1. The van der Waals surface area contributed by atoms with Gasteiger partial charge in [-0.3, -0.25) is 34.1 Å². The van der Waals surface area contributed by atoms with Crippen molar-refractivity contribution in [2.75, 3.05) is 6.54 Å². The van der Waals surface area contributed by atoms with Crippen LogP contribution in [-0.4, -0.2) is 81.5 Å². The summed E-state index contributed by atoms with van der Waals surface area (Å²) in [5.41, 5.74) is 7.77. The second kappa shape index (κ2) is 16.7. The zero-order chi connectivity index (χ0) is 33.8. The molecule has 0 radical (unpaired) electrons. The van der Waals surface area contributed by atoms with Crippen LogP contribution in [0.3, 0.4) is 0 Å². The van der Waals surface area contributed by atoms with Crippen LogP contribution in [-0.2, 0) is 41.6 Å². The number of hydrogen-bond donors (Lipinski definition) is 8. The molecule has 3 aromatic rings. The zero-order valence-corrected chi connectivity index (χ0v) is 25.6. The minimum absolute atomic E-state index is 0.0445. The lowest BCUT2D eigenvalue weighted by Gasteiger charge is -2.26. The van der Waals surface area contributed by atoms with Crippen LogP contribution in [0.1, 0.15) is 37.8 Å². The topological polar surface area (TPSA) is 233 Å². The SMILES string of the molecule is CC(C)C[C@H](NC(=O)[C@H](Cc1c[nH]c2ccccc12)NCC(=O)O)C(=O)N[C@@H](CC(=O)O)C(=O)N[C@@H](Cc1ccccc1)C(N)=O. The molecule has 0 unspecified atom stereocenters. The molecule has 0 spiro atoms. The molecule has 46 heavy (non-hydrogen) atoms. The molecule has 4 amide bonds. The van der Waals surface area contributed by atoms with E-state index in [1.54, 1.807) is 50.4 Å². The van der Waals surface area contributed by atoms with Crippen LogP contribution in [0.4, 0.5) is 0 Å². The van der Waals surface area contributed by atoms with Gasteiger partial charge in [0.1, 0.15) is 18.1 Å². The number of carbonyl (C=O) groups excluding carboxylic acids is 4. The molecule has 14 heteroatoms. The van der Waals surface area contributed by atoms with Crippen molar-refractivity contribution in [1.29, 1.82) is 0 Å². The molecule has 0 fully saturated rings. The molecule has 1 heterocycles. The van der Waals surface area contributed by atoms with Crippen molar-refractivity contribution in [2.24, 2.45) is 11.7 Å². The Morgan fingerprint density at radius 1 is 0.739 bits per heavy atom. The highest BCUT2D eigenvalue weighted by Gasteiger charge is 2.32. The van der Waals surface area contributed by atoms with E-state index in [0.717, 1.165) is 16.5 Å². The van der Waals surface area contributed by atoms with E-state index in [2.05, 4.69) is 26.3 Å². The summed E-state index contributed by atoms with van der Waals surface area (Å²) in [6.07, 6.45) is 1.18. The molecule has 3 rings (SSSR count). The Bertz CT molecular complexity index is 1540. The van der Waals surface area contributed by atoms with Gasteiger partial charge >= 0.3 is 11.9 Å². The van der Waals surface area contributed by atoms with Crippen LogP contribution in [0.15, 0.2) is 60.8 Å². The fraction of sp³-hybridized carbons (Fsp3) is 0.375. The van der Waals surface area contributed by atoms with E-state index in [1.807, 2.05) is 24.3 Å². The van der Waals surface area contributed by atoms with E-state index in [0.29, 0.717) is 5.56 Å². The normalized spacial score (nSPS) is 13.7. The van der Waals surface area contributed by atoms with E-state index in [1.165, 1.54) is 0 Å². The lowest BCUT2D eigenvalue weighted by atomic mass is 10.00. The Morgan fingerprint density at radius 3 is 1.96 bits per heavy atom. The highest BCUT2D eigenvalue weighted by atomic mass is 16.4. The van der Waals surface area contributed by atoms with Gasteiger partial charge in [0.25, 0.3) is 0 Å². The maximum Gasteiger partial charge on any atom is 0.317 e. The van der Waals surface area contributed by atoms with E-state index in [4.69, 9.17) is 5.73 Å². The number of H-pyrrole nitrogens is 1. The fourth-order valence-electron chi connectivity index (χ4n) is 4.96. The van der Waals surface area contributed by atoms with Crippen LogP contribution < -0.4 is 27.0 Å². The minimum atomic E-state index is -1.60. The number of para-hydroxylation sites is 1. The van der Waals surface area contributed by atoms with Crippen LogP contribution in [0.5, 0.6) is 0 Å². The summed E-state index contributed by atoms with van der Waals surface area (Å²) in [6, 6.07) is 11.1. The highest BCUT2D eigenvalue weighted by Crippen LogP contribution is 2.19. The second-order valence-corrected chi connectivity index (χ2v) is 11.4. The fourth-order valence-corrected chi connectivity index (χ4v) is 4.96. The van der Waals surface area contributed by atoms with Crippen molar-refractivity contribution >= 4 is 46.5 Å². The smallest absolute Gasteiger partial charge is 0.317 e. The third-order valence-corrected chi connectivity index (χ3v) is 7.21. The first-order chi connectivity index (χ1) is 21.8. The van der Waals surface area contributed by atoms with Gasteiger partial charge in [0.15, 0.2) is 0 Å². The average Bonchev–Trinajstić information content (AvgIpc) is 3.40. The number of rotatable bonds is 18. The molecule has 4 atom stereocenters. The van der Waals surface area contributed by atoms with Crippen molar-refractivity contribution in [1.82, 2.24) is 26.3 Å². The number of benzene rings is 2. The standard InChI is InChI=1S/C32H40N6O8/c1-18(2)12-25(37-30(44)24(35-17-28(41)42)14-20-16-34-22-11-7-6-10-21(20)22)31(45)38-26(15-27(39)40)32(46)36-23(29(33)43)13-19-8-4-3-5-9-19/h3-11,16,18,23-26,34-35H,12-15,17H2,1-2H3,(H2,33,43)(H,36,46)(H,37,44)(H,38,45)(H,39,40)(H,41,42)/t23-,24-,25-,26-/m0/s1. The molecule has 9 N–H and O–H groups in total. The number of nitrogens with one attached hydrogen (secondary N) is 5. The lowest BCUT2D eigenvalue weighted by Crippen LogP contribution is -2.59. The average molecular weight is 637 g/mol. The van der Waals surface area contributed by atoms with Crippen LogP contribution in [0.2, 0.25) is 0 Å². The van der Waals surface area contributed by atoms with Gasteiger partial charge in [-0.1, -0.05) is 62.4 Å². The largest absolute Gasteiger partial charge is 0.481 e. The molecule has 0 saturated heterocycles. The number of amides is 4. The Kier molecular flexibility index (Phi) is 12.8. The molecule has 1 aromatic heterocycles. The summed E-state index contributed by atoms with van der Waals surface area (Å²) in [5.74, 6) is -5.97. The van der Waals surface area contributed by atoms with Crippen LogP contribution in [0.25, 0.3) is 10.9 Å². The third-order valence-electron chi connectivity index (χ3n) is 7.21. The molecule has 0 bridgehead atoms. The van der Waals surface area contributed by atoms with E-state index >= 15 is 0 Å². The molecular weight excluding hydrogens is 596 g/mol. The first-order valence-corrected chi connectivity index (χ1v) is 14.8. The number of carboxylic acid groups (broad SMARTS) is 2. The van der Waals surface area contributed by atoms with Crippen molar-refractivity contribution in [3.05, 3.63) is 71.9 Å². The van der Waals surface area contributed by atoms with Gasteiger partial charge in [0.2, 0.25) is 23.6 Å². The van der Waals surface area contributed by atoms with Gasteiger partial charge in [-0.2, -0.15) is 0 Å². The molecular formula is C32H40N6O8. The maximum atomic E-state index is 13.5. The van der Waals surface area contributed by atoms with Gasteiger partial charge in [0.05, 0.1) is 19.0 Å². The number of primary amides is 1. The highest BCUT2D eigenvalue weighted by molar-refractivity contribution is 5.96. The van der Waals surface area contributed by atoms with Gasteiger partial charge in [-0.25, -0.2) is 0 Å². The van der Waals surface area contributed by atoms with Crippen LogP contribution >= 0.6 is 0 Å². The van der Waals surface area contributed by atoms with E-state index < -0.39 is 72.7 Å². The van der Waals surface area contributed by atoms with E-state index in [-0.39, 0.29) is 25.2 Å². The molecule has 0 aliphatic carbocycles. The van der Waals surface area contributed by atoms with Gasteiger partial charge < -0.3 is 36.9 Å². The maximum absolute atomic E-state index is 13.5. The Balaban J connectivity index is 1.78. The summed E-state index contributed by atoms with van der Waals surface area (Å²) >= 11 is 0. The first kappa shape index (κ1) is 35.2. The van der Waals surface area contributed by atoms with Gasteiger partial charge in [0, 0.05) is 23.5 Å². The number of nitrogens with two attached hydrogens (primary N) is 1. The Hall–Kier alpha value is -5.24. The number of aliphatic carboxylic acids is 2. The van der Waals surface area contributed by atoms with Crippen molar-refractivity contribution in [2.45, 2.75) is 63.7 Å². The Labute approximate surface area is 265 Å². The zero-order valence-electron chi connectivity index (χ0n) is 25.6. The minimum Gasteiger partial charge on any atom is -0.481 e. The monoisotopic (exact) mass is 636 g/mol. The molecule has 0 aliphatic rings. The summed E-state index contributed by atoms with van der Waals surface area (Å²) in [4.78, 5) is 78.4. The van der Waals surface area contributed by atoms with Crippen LogP contribution in [0, 0.1) is 5.92 Å². The van der Waals surface area contributed by atoms with Crippen molar-refractivity contribution in [3.63, 3.8) is 0 Å². The molecule has 0 saturated carbocycles. The predicted molar refractivity (Wildman–Crippen MR) is 168 cm³/mol. The third kappa shape index (κ3) is 10.7. The summed E-state index contributed by atoms with van der Waals surface area (Å²) < 4.78 is 0. The second-order valence-electron chi connectivity index (χ2n) is 11.4. The summed E-state index contributed by atoms with van der Waals surface area (Å²) in [5, 5.41) is 29.8. The molecule has 2 aromatic carbocycles. The van der Waals surface area contributed by atoms with Gasteiger partial charge in [-0.15, -0.1) is 0 Å². The quantitative estimate of drug-likeness (QED) is 0.0967. The number of fused-ring (bicyclic) bond motifs is 1. The van der Waals surface area contributed by atoms with Crippen molar-refractivity contribution in [3.8, 4) is 0 Å².